The Kier molecular flexibility index (Phi) is 6.87. The third-order valence-electron chi connectivity index (χ3n) is 4.75. The van der Waals surface area contributed by atoms with E-state index in [4.69, 9.17) is 10.7 Å². The van der Waals surface area contributed by atoms with Crippen LogP contribution in [-0.2, 0) is 6.42 Å². The topological polar surface area (TPSA) is 41.6 Å². The minimum atomic E-state index is 0. The van der Waals surface area contributed by atoms with Crippen LogP contribution in [0.1, 0.15) is 24.8 Å². The highest BCUT2D eigenvalue weighted by Gasteiger charge is 2.36. The van der Waals surface area contributed by atoms with Crippen molar-refractivity contribution in [3.63, 3.8) is 0 Å². The molecule has 2 N–H and O–H groups in total. The lowest BCUT2D eigenvalue weighted by Crippen LogP contribution is -2.44. The zero-order valence-corrected chi connectivity index (χ0v) is 16.2. The molecule has 0 radical (unpaired) electrons. The fraction of sp³-hybridized carbons (Fsp3) is 0.588. The van der Waals surface area contributed by atoms with Crippen molar-refractivity contribution in [2.45, 2.75) is 25.7 Å². The lowest BCUT2D eigenvalue weighted by molar-refractivity contribution is 0.145. The van der Waals surface area contributed by atoms with Crippen molar-refractivity contribution >= 4 is 41.7 Å². The molecule has 2 fully saturated rings. The van der Waals surface area contributed by atoms with Crippen molar-refractivity contribution in [2.75, 3.05) is 31.1 Å². The van der Waals surface area contributed by atoms with Crippen LogP contribution in [0.3, 0.4) is 0 Å². The maximum Gasteiger partial charge on any atom is 0.191 e. The molecule has 1 aliphatic carbocycles. The average Bonchev–Trinajstić information content (AvgIpc) is 2.51. The summed E-state index contributed by atoms with van der Waals surface area (Å²) >= 11 is 2.00. The number of benzene rings is 1. The third kappa shape index (κ3) is 4.54. The molecule has 1 aromatic carbocycles. The predicted octanol–water partition coefficient (Wildman–Crippen LogP) is 3.38. The second-order valence-electron chi connectivity index (χ2n) is 6.29. The molecule has 0 amide bonds. The number of hydrogen-bond donors (Lipinski definition) is 1. The molecule has 1 saturated heterocycles. The van der Waals surface area contributed by atoms with Gasteiger partial charge in [0.2, 0.25) is 0 Å². The molecule has 1 saturated carbocycles. The van der Waals surface area contributed by atoms with Crippen molar-refractivity contribution in [1.82, 2.24) is 4.90 Å². The molecule has 22 heavy (non-hydrogen) atoms. The molecule has 122 valence electrons. The van der Waals surface area contributed by atoms with Gasteiger partial charge in [-0.3, -0.25) is 4.99 Å². The van der Waals surface area contributed by atoms with Crippen LogP contribution < -0.4 is 5.73 Å². The zero-order chi connectivity index (χ0) is 14.5. The Morgan fingerprint density at radius 1 is 1.18 bits per heavy atom. The summed E-state index contributed by atoms with van der Waals surface area (Å²) in [7, 11) is 0. The van der Waals surface area contributed by atoms with E-state index in [2.05, 4.69) is 35.2 Å². The van der Waals surface area contributed by atoms with Crippen molar-refractivity contribution in [3.05, 3.63) is 35.9 Å². The Labute approximate surface area is 155 Å². The Bertz CT molecular complexity index is 482. The highest BCUT2D eigenvalue weighted by molar-refractivity contribution is 14.0. The summed E-state index contributed by atoms with van der Waals surface area (Å²) in [4.78, 5) is 6.99. The van der Waals surface area contributed by atoms with E-state index in [0.29, 0.717) is 5.41 Å². The number of nitrogens with two attached hydrogens (primary N) is 1. The minimum Gasteiger partial charge on any atom is -0.370 e. The summed E-state index contributed by atoms with van der Waals surface area (Å²) in [6.45, 7) is 2.98. The van der Waals surface area contributed by atoms with Crippen LogP contribution in [-0.4, -0.2) is 42.0 Å². The molecule has 0 aromatic heterocycles. The summed E-state index contributed by atoms with van der Waals surface area (Å²) in [6, 6.07) is 10.8. The standard InChI is InChI=1S/C17H25N3S.HI/c18-16(20-9-11-21-12-10-20)19-14-17(7-4-8-17)13-15-5-2-1-3-6-15;/h1-3,5-6H,4,7-14H2,(H2,18,19);1H. The second kappa shape index (κ2) is 8.43. The fourth-order valence-corrected chi connectivity index (χ4v) is 4.14. The van der Waals surface area contributed by atoms with Crippen LogP contribution in [0.4, 0.5) is 0 Å². The van der Waals surface area contributed by atoms with E-state index in [9.17, 15) is 0 Å². The van der Waals surface area contributed by atoms with Crippen LogP contribution in [0.2, 0.25) is 0 Å². The Hall–Kier alpha value is -0.430. The Morgan fingerprint density at radius 2 is 1.86 bits per heavy atom. The van der Waals surface area contributed by atoms with Gasteiger partial charge in [0.1, 0.15) is 0 Å². The van der Waals surface area contributed by atoms with Crippen LogP contribution in [0.25, 0.3) is 0 Å². The van der Waals surface area contributed by atoms with Gasteiger partial charge >= 0.3 is 0 Å². The van der Waals surface area contributed by atoms with E-state index in [-0.39, 0.29) is 24.0 Å². The Balaban J connectivity index is 0.00000176. The third-order valence-corrected chi connectivity index (χ3v) is 5.69. The molecule has 0 spiro atoms. The monoisotopic (exact) mass is 431 g/mol. The van der Waals surface area contributed by atoms with Gasteiger partial charge in [0.25, 0.3) is 0 Å². The van der Waals surface area contributed by atoms with E-state index >= 15 is 0 Å². The van der Waals surface area contributed by atoms with E-state index in [1.165, 1.54) is 36.3 Å². The van der Waals surface area contributed by atoms with Gasteiger partial charge in [-0.1, -0.05) is 36.8 Å². The lowest BCUT2D eigenvalue weighted by Gasteiger charge is -2.41. The molecule has 5 heteroatoms. The van der Waals surface area contributed by atoms with Gasteiger partial charge in [-0.15, -0.1) is 24.0 Å². The summed E-state index contributed by atoms with van der Waals surface area (Å²) in [5.41, 5.74) is 7.98. The molecular weight excluding hydrogens is 405 g/mol. The number of nitrogens with zero attached hydrogens (tertiary/aromatic N) is 2. The number of rotatable bonds is 4. The molecule has 2 aliphatic rings. The molecule has 1 heterocycles. The van der Waals surface area contributed by atoms with Crippen LogP contribution in [0.5, 0.6) is 0 Å². The van der Waals surface area contributed by atoms with Crippen LogP contribution >= 0.6 is 35.7 Å². The first-order valence-electron chi connectivity index (χ1n) is 7.94. The Morgan fingerprint density at radius 3 is 2.45 bits per heavy atom. The van der Waals surface area contributed by atoms with Gasteiger partial charge in [-0.2, -0.15) is 11.8 Å². The van der Waals surface area contributed by atoms with Gasteiger partial charge in [0.05, 0.1) is 0 Å². The van der Waals surface area contributed by atoms with Crippen molar-refractivity contribution in [1.29, 1.82) is 0 Å². The maximum atomic E-state index is 6.19. The van der Waals surface area contributed by atoms with E-state index in [1.54, 1.807) is 0 Å². The number of aliphatic imine (C=N–C) groups is 1. The summed E-state index contributed by atoms with van der Waals surface area (Å²) in [6.07, 6.45) is 5.05. The van der Waals surface area contributed by atoms with Gasteiger partial charge in [-0.05, 0) is 30.2 Å². The molecule has 0 bridgehead atoms. The first kappa shape index (κ1) is 17.9. The normalized spacial score (nSPS) is 20.9. The predicted molar refractivity (Wildman–Crippen MR) is 107 cm³/mol. The highest BCUT2D eigenvalue weighted by atomic mass is 127. The van der Waals surface area contributed by atoms with Crippen LogP contribution in [0, 0.1) is 5.41 Å². The van der Waals surface area contributed by atoms with Crippen molar-refractivity contribution in [2.24, 2.45) is 16.1 Å². The molecule has 0 atom stereocenters. The quantitative estimate of drug-likeness (QED) is 0.452. The first-order valence-corrected chi connectivity index (χ1v) is 9.10. The fourth-order valence-electron chi connectivity index (χ4n) is 3.24. The van der Waals surface area contributed by atoms with E-state index < -0.39 is 0 Å². The number of thioether (sulfide) groups is 1. The van der Waals surface area contributed by atoms with E-state index in [0.717, 1.165) is 32.0 Å². The van der Waals surface area contributed by atoms with Gasteiger partial charge in [0.15, 0.2) is 5.96 Å². The van der Waals surface area contributed by atoms with E-state index in [1.807, 2.05) is 11.8 Å². The van der Waals surface area contributed by atoms with Crippen molar-refractivity contribution < 1.29 is 0 Å². The molecule has 1 aromatic rings. The second-order valence-corrected chi connectivity index (χ2v) is 7.51. The molecule has 0 unspecified atom stereocenters. The molecular formula is C17H26IN3S. The van der Waals surface area contributed by atoms with Gasteiger partial charge < -0.3 is 10.6 Å². The van der Waals surface area contributed by atoms with Gasteiger partial charge in [-0.25, -0.2) is 0 Å². The molecule has 3 rings (SSSR count). The number of halogens is 1. The summed E-state index contributed by atoms with van der Waals surface area (Å²) < 4.78 is 0. The van der Waals surface area contributed by atoms with Crippen molar-refractivity contribution in [3.8, 4) is 0 Å². The SMILES string of the molecule is I.NC(=NCC1(Cc2ccccc2)CCC1)N1CCSCC1. The molecule has 3 nitrogen and oxygen atoms in total. The lowest BCUT2D eigenvalue weighted by atomic mass is 9.65. The first-order chi connectivity index (χ1) is 10.3. The smallest absolute Gasteiger partial charge is 0.191 e. The van der Waals surface area contributed by atoms with Gasteiger partial charge in [0, 0.05) is 31.1 Å². The largest absolute Gasteiger partial charge is 0.370 e. The highest BCUT2D eigenvalue weighted by Crippen LogP contribution is 2.44. The zero-order valence-electron chi connectivity index (χ0n) is 13.0. The number of hydrogen-bond acceptors (Lipinski definition) is 2. The maximum absolute atomic E-state index is 6.19. The summed E-state index contributed by atoms with van der Waals surface area (Å²) in [5, 5.41) is 0. The van der Waals surface area contributed by atoms with Crippen LogP contribution in [0.15, 0.2) is 35.3 Å². The number of guanidine groups is 1. The average molecular weight is 431 g/mol. The summed E-state index contributed by atoms with van der Waals surface area (Å²) in [5.74, 6) is 3.10. The minimum absolute atomic E-state index is 0. The molecule has 1 aliphatic heterocycles.